The second-order valence-electron chi connectivity index (χ2n) is 8.60. The Morgan fingerprint density at radius 2 is 1.32 bits per heavy atom. The number of carbonyl (C=O) groups excluding carboxylic acids is 1. The summed E-state index contributed by atoms with van der Waals surface area (Å²) in [6, 6.07) is 26.5. The molecular formula is C30H37NO3. The van der Waals surface area contributed by atoms with Gasteiger partial charge in [-0.3, -0.25) is 4.79 Å². The molecule has 0 fully saturated rings. The maximum absolute atomic E-state index is 11.3. The molecule has 0 amide bonds. The van der Waals surface area contributed by atoms with Crippen molar-refractivity contribution in [1.82, 2.24) is 4.90 Å². The summed E-state index contributed by atoms with van der Waals surface area (Å²) in [6.45, 7) is 7.36. The van der Waals surface area contributed by atoms with Gasteiger partial charge < -0.3 is 14.4 Å². The monoisotopic (exact) mass is 459 g/mol. The van der Waals surface area contributed by atoms with Gasteiger partial charge in [0.25, 0.3) is 0 Å². The topological polar surface area (TPSA) is 38.8 Å². The summed E-state index contributed by atoms with van der Waals surface area (Å²) < 4.78 is 11.1. The van der Waals surface area contributed by atoms with Gasteiger partial charge in [0.1, 0.15) is 18.1 Å². The minimum atomic E-state index is -0.324. The van der Waals surface area contributed by atoms with Crippen molar-refractivity contribution in [3.8, 4) is 11.5 Å². The van der Waals surface area contributed by atoms with Crippen LogP contribution in [0.4, 0.5) is 0 Å². The predicted molar refractivity (Wildman–Crippen MR) is 142 cm³/mol. The van der Waals surface area contributed by atoms with Crippen molar-refractivity contribution in [2.75, 3.05) is 27.2 Å². The molecule has 4 nitrogen and oxygen atoms in total. The van der Waals surface area contributed by atoms with E-state index in [1.807, 2.05) is 56.6 Å². The number of esters is 1. The van der Waals surface area contributed by atoms with E-state index in [-0.39, 0.29) is 13.4 Å². The largest absolute Gasteiger partial charge is 0.492 e. The van der Waals surface area contributed by atoms with Crippen LogP contribution < -0.4 is 9.47 Å². The van der Waals surface area contributed by atoms with Gasteiger partial charge >= 0.3 is 5.97 Å². The van der Waals surface area contributed by atoms with Crippen molar-refractivity contribution in [3.05, 3.63) is 95.6 Å². The number of nitrogens with zero attached hydrogens (tertiary/aromatic N) is 1. The molecule has 0 heterocycles. The van der Waals surface area contributed by atoms with Crippen molar-refractivity contribution in [2.24, 2.45) is 5.92 Å². The molecular weight excluding hydrogens is 422 g/mol. The Morgan fingerprint density at radius 3 is 1.79 bits per heavy atom. The van der Waals surface area contributed by atoms with E-state index in [9.17, 15) is 4.79 Å². The van der Waals surface area contributed by atoms with E-state index in [0.29, 0.717) is 18.3 Å². The van der Waals surface area contributed by atoms with Gasteiger partial charge in [-0.1, -0.05) is 75.9 Å². The van der Waals surface area contributed by atoms with E-state index < -0.39 is 0 Å². The SMILES string of the molecule is C.CC(=O)Oc1ccc(/C(=C(/c2ccccc2)C(C)C)c2ccc(OCCN(C)C)cc2)cc1. The van der Waals surface area contributed by atoms with Crippen LogP contribution in [0.5, 0.6) is 11.5 Å². The van der Waals surface area contributed by atoms with Gasteiger partial charge in [-0.15, -0.1) is 0 Å². The molecule has 4 heteroatoms. The first-order chi connectivity index (χ1) is 15.8. The molecule has 0 radical (unpaired) electrons. The first kappa shape index (κ1) is 26.9. The maximum Gasteiger partial charge on any atom is 0.308 e. The number of hydrogen-bond donors (Lipinski definition) is 0. The minimum Gasteiger partial charge on any atom is -0.492 e. The lowest BCUT2D eigenvalue weighted by atomic mass is 9.84. The van der Waals surface area contributed by atoms with Crippen molar-refractivity contribution >= 4 is 17.1 Å². The highest BCUT2D eigenvalue weighted by atomic mass is 16.5. The van der Waals surface area contributed by atoms with Crippen LogP contribution >= 0.6 is 0 Å². The zero-order valence-corrected chi connectivity index (χ0v) is 20.2. The van der Waals surface area contributed by atoms with Crippen LogP contribution in [-0.2, 0) is 4.79 Å². The van der Waals surface area contributed by atoms with Crippen molar-refractivity contribution in [3.63, 3.8) is 0 Å². The Morgan fingerprint density at radius 1 is 0.794 bits per heavy atom. The molecule has 0 atom stereocenters. The second kappa shape index (κ2) is 12.8. The smallest absolute Gasteiger partial charge is 0.308 e. The molecule has 0 saturated carbocycles. The average Bonchev–Trinajstić information content (AvgIpc) is 2.78. The molecule has 0 N–H and O–H groups in total. The summed E-state index contributed by atoms with van der Waals surface area (Å²) in [7, 11) is 4.07. The van der Waals surface area contributed by atoms with E-state index in [0.717, 1.165) is 29.0 Å². The lowest BCUT2D eigenvalue weighted by Gasteiger charge is -2.21. The third kappa shape index (κ3) is 7.32. The molecule has 0 spiro atoms. The second-order valence-corrected chi connectivity index (χ2v) is 8.60. The molecule has 3 aromatic rings. The molecule has 0 aromatic heterocycles. The summed E-state index contributed by atoms with van der Waals surface area (Å²) in [5.41, 5.74) is 5.79. The summed E-state index contributed by atoms with van der Waals surface area (Å²) in [5, 5.41) is 0. The number of benzene rings is 3. The predicted octanol–water partition coefficient (Wildman–Crippen LogP) is 6.80. The highest BCUT2D eigenvalue weighted by Gasteiger charge is 2.17. The number of ether oxygens (including phenoxy) is 2. The van der Waals surface area contributed by atoms with Gasteiger partial charge in [-0.05, 0) is 72.1 Å². The number of allylic oxidation sites excluding steroid dienone is 1. The minimum absolute atomic E-state index is 0. The quantitative estimate of drug-likeness (QED) is 0.200. The van der Waals surface area contributed by atoms with E-state index in [4.69, 9.17) is 9.47 Å². The third-order valence-corrected chi connectivity index (χ3v) is 5.29. The molecule has 0 unspecified atom stereocenters. The molecule has 3 rings (SSSR count). The Bertz CT molecular complexity index is 1070. The molecule has 0 aliphatic heterocycles. The summed E-state index contributed by atoms with van der Waals surface area (Å²) in [4.78, 5) is 13.4. The van der Waals surface area contributed by atoms with Gasteiger partial charge in [-0.25, -0.2) is 0 Å². The highest BCUT2D eigenvalue weighted by Crippen LogP contribution is 2.37. The first-order valence-electron chi connectivity index (χ1n) is 11.3. The Labute approximate surface area is 204 Å². The van der Waals surface area contributed by atoms with Crippen molar-refractivity contribution < 1.29 is 14.3 Å². The summed E-state index contributed by atoms with van der Waals surface area (Å²) >= 11 is 0. The van der Waals surface area contributed by atoms with Crippen LogP contribution in [0.15, 0.2) is 78.9 Å². The van der Waals surface area contributed by atoms with Crippen LogP contribution in [-0.4, -0.2) is 38.1 Å². The van der Waals surface area contributed by atoms with E-state index in [2.05, 4.69) is 55.1 Å². The molecule has 0 aliphatic carbocycles. The van der Waals surface area contributed by atoms with Crippen molar-refractivity contribution in [2.45, 2.75) is 28.2 Å². The van der Waals surface area contributed by atoms with Gasteiger partial charge in [0, 0.05) is 13.5 Å². The normalized spacial score (nSPS) is 11.6. The molecule has 0 saturated heterocycles. The number of hydrogen-bond acceptors (Lipinski definition) is 4. The van der Waals surface area contributed by atoms with Crippen molar-refractivity contribution in [1.29, 1.82) is 0 Å². The zero-order valence-electron chi connectivity index (χ0n) is 20.2. The number of likely N-dealkylation sites (N-methyl/N-ethyl adjacent to an activating group) is 1. The molecule has 0 aliphatic rings. The molecule has 3 aromatic carbocycles. The average molecular weight is 460 g/mol. The lowest BCUT2D eigenvalue weighted by Crippen LogP contribution is -2.19. The van der Waals surface area contributed by atoms with E-state index in [1.165, 1.54) is 18.1 Å². The Balaban J connectivity index is 0.00000408. The zero-order chi connectivity index (χ0) is 23.8. The van der Waals surface area contributed by atoms with Crippen LogP contribution in [0.3, 0.4) is 0 Å². The fourth-order valence-corrected chi connectivity index (χ4v) is 3.78. The standard InChI is InChI=1S/C29H33NO3.CH4/c1-21(2)28(23-9-7-6-8-10-23)29(25-13-17-27(18-14-25)33-22(3)31)24-11-15-26(16-12-24)32-20-19-30(4)5;/h6-18,21H,19-20H2,1-5H3;1H4/b29-28+;. The number of rotatable bonds is 9. The Hall–Kier alpha value is -3.37. The van der Waals surface area contributed by atoms with Crippen LogP contribution in [0.1, 0.15) is 44.9 Å². The lowest BCUT2D eigenvalue weighted by molar-refractivity contribution is -0.131. The fourth-order valence-electron chi connectivity index (χ4n) is 3.78. The Kier molecular flexibility index (Phi) is 10.1. The third-order valence-electron chi connectivity index (χ3n) is 5.29. The summed E-state index contributed by atoms with van der Waals surface area (Å²) in [5.74, 6) is 1.37. The van der Waals surface area contributed by atoms with E-state index >= 15 is 0 Å². The maximum atomic E-state index is 11.3. The van der Waals surface area contributed by atoms with E-state index in [1.54, 1.807) is 0 Å². The van der Waals surface area contributed by atoms with Crippen LogP contribution in [0.2, 0.25) is 0 Å². The van der Waals surface area contributed by atoms with Gasteiger partial charge in [0.15, 0.2) is 0 Å². The van der Waals surface area contributed by atoms with Gasteiger partial charge in [-0.2, -0.15) is 0 Å². The molecule has 0 bridgehead atoms. The van der Waals surface area contributed by atoms with Gasteiger partial charge in [0.2, 0.25) is 0 Å². The molecule has 34 heavy (non-hydrogen) atoms. The summed E-state index contributed by atoms with van der Waals surface area (Å²) in [6.07, 6.45) is 0. The highest BCUT2D eigenvalue weighted by molar-refractivity contribution is 5.99. The first-order valence-corrected chi connectivity index (χ1v) is 11.3. The van der Waals surface area contributed by atoms with Crippen LogP contribution in [0.25, 0.3) is 11.1 Å². The van der Waals surface area contributed by atoms with Gasteiger partial charge in [0.05, 0.1) is 0 Å². The molecule has 180 valence electrons. The number of carbonyl (C=O) groups is 1. The fraction of sp³-hybridized carbons (Fsp3) is 0.300. The van der Waals surface area contributed by atoms with Crippen LogP contribution in [0, 0.1) is 5.92 Å².